The predicted octanol–water partition coefficient (Wildman–Crippen LogP) is 1.13. The molecule has 0 saturated heterocycles. The highest BCUT2D eigenvalue weighted by atomic mass is 16.5. The molecule has 0 fully saturated rings. The zero-order chi connectivity index (χ0) is 11.7. The zero-order valence-corrected chi connectivity index (χ0v) is 8.73. The fraction of sp³-hybridized carbons (Fsp3) is 0.273. The first-order chi connectivity index (χ1) is 7.71. The van der Waals surface area contributed by atoms with E-state index in [-0.39, 0.29) is 18.1 Å². The van der Waals surface area contributed by atoms with Crippen LogP contribution < -0.4 is 4.74 Å². The molecular formula is C11H12O5. The number of methoxy groups -OCH3 is 1. The maximum Gasteiger partial charge on any atom is 0.180 e. The van der Waals surface area contributed by atoms with Crippen molar-refractivity contribution < 1.29 is 24.5 Å². The van der Waals surface area contributed by atoms with Crippen molar-refractivity contribution in [1.29, 1.82) is 0 Å². The van der Waals surface area contributed by atoms with Crippen molar-refractivity contribution in [3.8, 4) is 11.5 Å². The molecule has 0 atom stereocenters. The van der Waals surface area contributed by atoms with Crippen LogP contribution in [0.1, 0.15) is 11.3 Å². The summed E-state index contributed by atoms with van der Waals surface area (Å²) in [5, 5.41) is 28.2. The van der Waals surface area contributed by atoms with E-state index in [0.717, 1.165) is 0 Å². The number of ether oxygens (including phenoxy) is 1. The zero-order valence-electron chi connectivity index (χ0n) is 8.73. The minimum atomic E-state index is -0.391. The SMILES string of the molecule is COc1cc(CO)cc2c(O)c(CO)oc12. The Kier molecular flexibility index (Phi) is 2.72. The van der Waals surface area contributed by atoms with Gasteiger partial charge in [0.25, 0.3) is 0 Å². The van der Waals surface area contributed by atoms with Gasteiger partial charge in [0.1, 0.15) is 6.61 Å². The van der Waals surface area contributed by atoms with Gasteiger partial charge in [-0.25, -0.2) is 0 Å². The van der Waals surface area contributed by atoms with Crippen LogP contribution in [0.3, 0.4) is 0 Å². The van der Waals surface area contributed by atoms with Crippen LogP contribution in [-0.2, 0) is 13.2 Å². The molecule has 16 heavy (non-hydrogen) atoms. The highest BCUT2D eigenvalue weighted by Crippen LogP contribution is 2.38. The van der Waals surface area contributed by atoms with Crippen molar-refractivity contribution >= 4 is 11.0 Å². The summed E-state index contributed by atoms with van der Waals surface area (Å²) in [6.45, 7) is -0.552. The van der Waals surface area contributed by atoms with E-state index < -0.39 is 6.61 Å². The largest absolute Gasteiger partial charge is 0.504 e. The second kappa shape index (κ2) is 4.03. The van der Waals surface area contributed by atoms with E-state index in [1.165, 1.54) is 7.11 Å². The van der Waals surface area contributed by atoms with Crippen LogP contribution in [0.25, 0.3) is 11.0 Å². The van der Waals surface area contributed by atoms with Gasteiger partial charge in [0, 0.05) is 0 Å². The molecule has 5 nitrogen and oxygen atoms in total. The smallest absolute Gasteiger partial charge is 0.180 e. The quantitative estimate of drug-likeness (QED) is 0.728. The number of aliphatic hydroxyl groups is 2. The van der Waals surface area contributed by atoms with Gasteiger partial charge >= 0.3 is 0 Å². The lowest BCUT2D eigenvalue weighted by molar-refractivity contribution is 0.242. The lowest BCUT2D eigenvalue weighted by Crippen LogP contribution is -1.87. The van der Waals surface area contributed by atoms with Crippen molar-refractivity contribution in [1.82, 2.24) is 0 Å². The van der Waals surface area contributed by atoms with Crippen LogP contribution in [0.4, 0.5) is 0 Å². The number of fused-ring (bicyclic) bond motifs is 1. The molecule has 0 saturated carbocycles. The lowest BCUT2D eigenvalue weighted by atomic mass is 10.1. The number of aliphatic hydroxyl groups excluding tert-OH is 2. The number of aromatic hydroxyl groups is 1. The van der Waals surface area contributed by atoms with Crippen LogP contribution in [-0.4, -0.2) is 22.4 Å². The van der Waals surface area contributed by atoms with Crippen molar-refractivity contribution in [2.45, 2.75) is 13.2 Å². The number of furan rings is 1. The van der Waals surface area contributed by atoms with Gasteiger partial charge in [0.2, 0.25) is 0 Å². The third-order valence-corrected chi connectivity index (χ3v) is 2.41. The molecule has 1 heterocycles. The van der Waals surface area contributed by atoms with E-state index in [0.29, 0.717) is 22.3 Å². The predicted molar refractivity (Wildman–Crippen MR) is 56.3 cm³/mol. The number of hydrogen-bond donors (Lipinski definition) is 3. The van der Waals surface area contributed by atoms with E-state index in [1.54, 1.807) is 12.1 Å². The summed E-state index contributed by atoms with van der Waals surface area (Å²) in [5.41, 5.74) is 0.964. The van der Waals surface area contributed by atoms with Gasteiger partial charge in [0.15, 0.2) is 22.8 Å². The van der Waals surface area contributed by atoms with Gasteiger partial charge in [-0.1, -0.05) is 0 Å². The molecule has 0 aliphatic heterocycles. The van der Waals surface area contributed by atoms with Crippen LogP contribution in [0.2, 0.25) is 0 Å². The molecule has 0 bridgehead atoms. The fourth-order valence-electron chi connectivity index (χ4n) is 1.61. The number of rotatable bonds is 3. The molecule has 86 valence electrons. The first kappa shape index (κ1) is 10.8. The van der Waals surface area contributed by atoms with E-state index in [9.17, 15) is 5.11 Å². The first-order valence-corrected chi connectivity index (χ1v) is 4.74. The van der Waals surface area contributed by atoms with Crippen LogP contribution in [0.5, 0.6) is 11.5 Å². The Hall–Kier alpha value is -1.72. The molecular weight excluding hydrogens is 212 g/mol. The molecule has 0 amide bonds. The highest BCUT2D eigenvalue weighted by Gasteiger charge is 2.17. The number of benzene rings is 1. The Morgan fingerprint density at radius 3 is 2.56 bits per heavy atom. The van der Waals surface area contributed by atoms with Gasteiger partial charge < -0.3 is 24.5 Å². The maximum absolute atomic E-state index is 9.74. The van der Waals surface area contributed by atoms with Gasteiger partial charge in [0.05, 0.1) is 19.1 Å². The summed E-state index contributed by atoms with van der Waals surface area (Å²) < 4.78 is 10.3. The summed E-state index contributed by atoms with van der Waals surface area (Å²) in [6.07, 6.45) is 0. The standard InChI is InChI=1S/C11H12O5/c1-15-8-3-6(4-12)2-7-10(14)9(5-13)16-11(7)8/h2-3,12-14H,4-5H2,1H3. The molecule has 5 heteroatoms. The van der Waals surface area contributed by atoms with Crippen LogP contribution in [0, 0.1) is 0 Å². The van der Waals surface area contributed by atoms with Gasteiger partial charge in [-0.15, -0.1) is 0 Å². The Morgan fingerprint density at radius 2 is 2.00 bits per heavy atom. The maximum atomic E-state index is 9.74. The molecule has 2 aromatic rings. The lowest BCUT2D eigenvalue weighted by Gasteiger charge is -2.03. The van der Waals surface area contributed by atoms with Crippen molar-refractivity contribution in [2.75, 3.05) is 7.11 Å². The molecule has 2 rings (SSSR count). The van der Waals surface area contributed by atoms with Crippen molar-refractivity contribution in [2.24, 2.45) is 0 Å². The van der Waals surface area contributed by atoms with Gasteiger partial charge in [-0.2, -0.15) is 0 Å². The summed E-state index contributed by atoms with van der Waals surface area (Å²) in [5.74, 6) is 0.381. The second-order valence-corrected chi connectivity index (χ2v) is 3.36. The average Bonchev–Trinajstić information content (AvgIpc) is 2.65. The van der Waals surface area contributed by atoms with Crippen LogP contribution >= 0.6 is 0 Å². The molecule has 1 aromatic heterocycles. The summed E-state index contributed by atoms with van der Waals surface area (Å²) in [4.78, 5) is 0. The molecule has 0 spiro atoms. The molecule has 0 aliphatic rings. The third kappa shape index (κ3) is 1.50. The normalized spacial score (nSPS) is 10.9. The molecule has 0 unspecified atom stereocenters. The Morgan fingerprint density at radius 1 is 1.25 bits per heavy atom. The Labute approximate surface area is 91.5 Å². The van der Waals surface area contributed by atoms with Crippen molar-refractivity contribution in [3.05, 3.63) is 23.5 Å². The highest BCUT2D eigenvalue weighted by molar-refractivity contribution is 5.90. The summed E-state index contributed by atoms with van der Waals surface area (Å²) in [6, 6.07) is 3.21. The summed E-state index contributed by atoms with van der Waals surface area (Å²) in [7, 11) is 1.47. The van der Waals surface area contributed by atoms with Gasteiger partial charge in [-0.3, -0.25) is 0 Å². The minimum absolute atomic E-state index is 0.0865. The molecule has 1 aromatic carbocycles. The van der Waals surface area contributed by atoms with Gasteiger partial charge in [-0.05, 0) is 17.7 Å². The second-order valence-electron chi connectivity index (χ2n) is 3.36. The Balaban J connectivity index is 2.76. The first-order valence-electron chi connectivity index (χ1n) is 4.74. The van der Waals surface area contributed by atoms with E-state index in [1.807, 2.05) is 0 Å². The van der Waals surface area contributed by atoms with E-state index in [2.05, 4.69) is 0 Å². The van der Waals surface area contributed by atoms with Crippen LogP contribution in [0.15, 0.2) is 16.5 Å². The van der Waals surface area contributed by atoms with E-state index >= 15 is 0 Å². The Bertz CT molecular complexity index is 515. The number of hydrogen-bond acceptors (Lipinski definition) is 5. The fourth-order valence-corrected chi connectivity index (χ4v) is 1.61. The molecule has 3 N–H and O–H groups in total. The topological polar surface area (TPSA) is 83.1 Å². The average molecular weight is 224 g/mol. The molecule has 0 radical (unpaired) electrons. The summed E-state index contributed by atoms with van der Waals surface area (Å²) >= 11 is 0. The van der Waals surface area contributed by atoms with Crippen molar-refractivity contribution in [3.63, 3.8) is 0 Å². The third-order valence-electron chi connectivity index (χ3n) is 2.41. The monoisotopic (exact) mass is 224 g/mol. The molecule has 0 aliphatic carbocycles. The van der Waals surface area contributed by atoms with E-state index in [4.69, 9.17) is 19.4 Å². The minimum Gasteiger partial charge on any atom is -0.504 e.